The second kappa shape index (κ2) is 14.1. The third-order valence-corrected chi connectivity index (χ3v) is 7.49. The molecule has 0 saturated carbocycles. The second-order valence-corrected chi connectivity index (χ2v) is 11.1. The number of para-hydroxylation sites is 1. The number of anilines is 1. The summed E-state index contributed by atoms with van der Waals surface area (Å²) in [6.07, 6.45) is 1.10. The van der Waals surface area contributed by atoms with Gasteiger partial charge in [-0.25, -0.2) is 4.68 Å². The van der Waals surface area contributed by atoms with Crippen LogP contribution in [0.1, 0.15) is 29.8 Å². The summed E-state index contributed by atoms with van der Waals surface area (Å²) in [5.74, 6) is 1.34. The standard InChI is InChI=1S/C32H37N7O5/c1-22-16-39(23(2)20-40)32(42)28-15-25(34-31(41)19-38-21-33-35-36-38)11-14-29(28)44-30(22)18-37(3)17-24-9-12-27(13-10-24)43-26-7-5-4-6-8-26/h4-15,21-23,30,40H,16-20H2,1-3H3,(H,34,41). The molecule has 44 heavy (non-hydrogen) atoms. The van der Waals surface area contributed by atoms with E-state index < -0.39 is 6.04 Å². The zero-order valence-electron chi connectivity index (χ0n) is 25.0. The number of nitrogens with zero attached hydrogens (tertiary/aromatic N) is 6. The average molecular weight is 600 g/mol. The Morgan fingerprint density at radius 3 is 2.59 bits per heavy atom. The van der Waals surface area contributed by atoms with Crippen LogP contribution < -0.4 is 14.8 Å². The van der Waals surface area contributed by atoms with Crippen molar-refractivity contribution >= 4 is 17.5 Å². The summed E-state index contributed by atoms with van der Waals surface area (Å²) in [7, 11) is 2.03. The van der Waals surface area contributed by atoms with Gasteiger partial charge in [0.05, 0.1) is 18.2 Å². The topological polar surface area (TPSA) is 135 Å². The fraction of sp³-hybridized carbons (Fsp3) is 0.344. The number of hydrogen-bond donors (Lipinski definition) is 2. The fourth-order valence-corrected chi connectivity index (χ4v) is 5.09. The summed E-state index contributed by atoms with van der Waals surface area (Å²) in [6.45, 7) is 5.31. The molecule has 12 nitrogen and oxygen atoms in total. The minimum atomic E-state index is -0.399. The second-order valence-electron chi connectivity index (χ2n) is 11.1. The van der Waals surface area contributed by atoms with Gasteiger partial charge in [0.2, 0.25) is 5.91 Å². The van der Waals surface area contributed by atoms with Gasteiger partial charge < -0.3 is 24.8 Å². The van der Waals surface area contributed by atoms with Crippen LogP contribution >= 0.6 is 0 Å². The minimum absolute atomic E-state index is 0.0270. The van der Waals surface area contributed by atoms with Gasteiger partial charge in [-0.05, 0) is 72.4 Å². The van der Waals surface area contributed by atoms with Crippen LogP contribution in [0.25, 0.3) is 0 Å². The lowest BCUT2D eigenvalue weighted by Crippen LogP contribution is -2.49. The zero-order valence-corrected chi connectivity index (χ0v) is 25.0. The molecular weight excluding hydrogens is 562 g/mol. The predicted molar refractivity (Wildman–Crippen MR) is 163 cm³/mol. The third kappa shape index (κ3) is 7.77. The van der Waals surface area contributed by atoms with E-state index in [2.05, 4.69) is 32.7 Å². The molecule has 3 unspecified atom stereocenters. The first-order chi connectivity index (χ1) is 21.3. The molecule has 1 aliphatic heterocycles. The largest absolute Gasteiger partial charge is 0.488 e. The molecule has 3 atom stereocenters. The van der Waals surface area contributed by atoms with E-state index in [0.717, 1.165) is 17.1 Å². The molecule has 5 rings (SSSR count). The van der Waals surface area contributed by atoms with Crippen molar-refractivity contribution in [2.24, 2.45) is 5.92 Å². The fourth-order valence-electron chi connectivity index (χ4n) is 5.09. The van der Waals surface area contributed by atoms with Crippen LogP contribution in [-0.4, -0.2) is 85.8 Å². The van der Waals surface area contributed by atoms with Gasteiger partial charge in [-0.2, -0.15) is 0 Å². The lowest BCUT2D eigenvalue weighted by molar-refractivity contribution is -0.116. The van der Waals surface area contributed by atoms with Crippen LogP contribution in [0.5, 0.6) is 17.2 Å². The molecule has 0 spiro atoms. The molecule has 2 heterocycles. The molecule has 0 fully saturated rings. The number of aliphatic hydroxyl groups is 1. The van der Waals surface area contributed by atoms with E-state index in [1.165, 1.54) is 11.0 Å². The Morgan fingerprint density at radius 2 is 1.89 bits per heavy atom. The highest BCUT2D eigenvalue weighted by atomic mass is 16.5. The van der Waals surface area contributed by atoms with E-state index in [4.69, 9.17) is 9.47 Å². The van der Waals surface area contributed by atoms with E-state index in [0.29, 0.717) is 36.6 Å². The number of carbonyl (C=O) groups excluding carboxylic acids is 2. The van der Waals surface area contributed by atoms with Crippen LogP contribution in [0.3, 0.4) is 0 Å². The summed E-state index contributed by atoms with van der Waals surface area (Å²) in [6, 6.07) is 22.3. The van der Waals surface area contributed by atoms with Crippen LogP contribution in [0, 0.1) is 5.92 Å². The highest BCUT2D eigenvalue weighted by Gasteiger charge is 2.33. The van der Waals surface area contributed by atoms with Crippen molar-refractivity contribution in [2.45, 2.75) is 39.1 Å². The van der Waals surface area contributed by atoms with Crippen molar-refractivity contribution in [3.8, 4) is 17.2 Å². The zero-order chi connectivity index (χ0) is 31.1. The molecule has 0 radical (unpaired) electrons. The van der Waals surface area contributed by atoms with E-state index in [1.54, 1.807) is 23.1 Å². The van der Waals surface area contributed by atoms with Crippen molar-refractivity contribution in [3.05, 3.63) is 90.3 Å². The van der Waals surface area contributed by atoms with Gasteiger partial charge in [-0.1, -0.05) is 37.3 Å². The van der Waals surface area contributed by atoms with Crippen LogP contribution in [0.2, 0.25) is 0 Å². The van der Waals surface area contributed by atoms with E-state index >= 15 is 0 Å². The van der Waals surface area contributed by atoms with Gasteiger partial charge in [0.1, 0.15) is 36.2 Å². The van der Waals surface area contributed by atoms with Gasteiger partial charge in [0.25, 0.3) is 5.91 Å². The molecule has 230 valence electrons. The van der Waals surface area contributed by atoms with Crippen molar-refractivity contribution in [1.82, 2.24) is 30.0 Å². The summed E-state index contributed by atoms with van der Waals surface area (Å²) in [5.41, 5.74) is 1.89. The molecule has 0 saturated heterocycles. The molecule has 1 aromatic heterocycles. The number of aliphatic hydroxyl groups excluding tert-OH is 1. The number of carbonyl (C=O) groups is 2. The summed E-state index contributed by atoms with van der Waals surface area (Å²) in [5, 5.41) is 23.5. The number of ether oxygens (including phenoxy) is 2. The van der Waals surface area contributed by atoms with Gasteiger partial charge in [-0.3, -0.25) is 14.5 Å². The molecule has 0 aliphatic carbocycles. The monoisotopic (exact) mass is 599 g/mol. The first kappa shape index (κ1) is 30.6. The highest BCUT2D eigenvalue weighted by molar-refractivity contribution is 5.99. The number of rotatable bonds is 11. The van der Waals surface area contributed by atoms with E-state index in [9.17, 15) is 14.7 Å². The smallest absolute Gasteiger partial charge is 0.258 e. The number of hydrogen-bond acceptors (Lipinski definition) is 9. The number of aromatic nitrogens is 4. The molecule has 12 heteroatoms. The third-order valence-electron chi connectivity index (χ3n) is 7.49. The van der Waals surface area contributed by atoms with Crippen molar-refractivity contribution in [1.29, 1.82) is 0 Å². The minimum Gasteiger partial charge on any atom is -0.488 e. The Kier molecular flexibility index (Phi) is 9.82. The summed E-state index contributed by atoms with van der Waals surface area (Å²) < 4.78 is 13.7. The first-order valence-corrected chi connectivity index (χ1v) is 14.5. The van der Waals surface area contributed by atoms with Gasteiger partial charge in [0.15, 0.2) is 0 Å². The highest BCUT2D eigenvalue weighted by Crippen LogP contribution is 2.31. The lowest BCUT2D eigenvalue weighted by atomic mass is 9.99. The van der Waals surface area contributed by atoms with E-state index in [1.807, 2.05) is 68.6 Å². The molecule has 0 bridgehead atoms. The maximum atomic E-state index is 13.7. The van der Waals surface area contributed by atoms with Gasteiger partial charge >= 0.3 is 0 Å². The molecular formula is C32H37N7O5. The Bertz CT molecular complexity index is 1530. The Balaban J connectivity index is 1.29. The maximum absolute atomic E-state index is 13.7. The predicted octanol–water partition coefficient (Wildman–Crippen LogP) is 3.46. The van der Waals surface area contributed by atoms with Crippen molar-refractivity contribution in [3.63, 3.8) is 0 Å². The average Bonchev–Trinajstić information content (AvgIpc) is 3.53. The Morgan fingerprint density at radius 1 is 1.14 bits per heavy atom. The Labute approximate surface area is 256 Å². The quantitative estimate of drug-likeness (QED) is 0.266. The molecule has 3 aromatic carbocycles. The number of benzene rings is 3. The Hall–Kier alpha value is -4.81. The van der Waals surface area contributed by atoms with Crippen LogP contribution in [0.4, 0.5) is 5.69 Å². The number of likely N-dealkylation sites (N-methyl/N-ethyl adjacent to an activating group) is 1. The normalized spacial score (nSPS) is 17.3. The first-order valence-electron chi connectivity index (χ1n) is 14.5. The lowest BCUT2D eigenvalue weighted by Gasteiger charge is -2.38. The molecule has 2 amide bonds. The summed E-state index contributed by atoms with van der Waals surface area (Å²) >= 11 is 0. The van der Waals surface area contributed by atoms with Crippen molar-refractivity contribution in [2.75, 3.05) is 32.1 Å². The number of nitrogens with one attached hydrogen (secondary N) is 1. The van der Waals surface area contributed by atoms with E-state index in [-0.39, 0.29) is 37.0 Å². The SMILES string of the molecule is CC1CN(C(C)CO)C(=O)c2cc(NC(=O)Cn3cnnn3)ccc2OC1CN(C)Cc1ccc(Oc2ccccc2)cc1. The van der Waals surface area contributed by atoms with Crippen molar-refractivity contribution < 1.29 is 24.2 Å². The van der Waals surface area contributed by atoms with Gasteiger partial charge in [0, 0.05) is 31.2 Å². The number of tetrazole rings is 1. The van der Waals surface area contributed by atoms with Gasteiger partial charge in [-0.15, -0.1) is 5.10 Å². The molecule has 4 aromatic rings. The van der Waals surface area contributed by atoms with Crippen LogP contribution in [-0.2, 0) is 17.9 Å². The molecule has 1 aliphatic rings. The maximum Gasteiger partial charge on any atom is 0.258 e. The summed E-state index contributed by atoms with van der Waals surface area (Å²) in [4.78, 5) is 30.1. The number of amides is 2. The molecule has 2 N–H and O–H groups in total. The number of fused-ring (bicyclic) bond motifs is 1. The van der Waals surface area contributed by atoms with Crippen LogP contribution in [0.15, 0.2) is 79.1 Å².